The normalized spacial score (nSPS) is 12.2. The second kappa shape index (κ2) is 10.4. The molecule has 0 atom stereocenters. The van der Waals surface area contributed by atoms with E-state index in [-0.39, 0.29) is 0 Å². The number of thiophene rings is 1. The summed E-state index contributed by atoms with van der Waals surface area (Å²) >= 11 is 1.75. The lowest BCUT2D eigenvalue weighted by molar-refractivity contribution is 0.668. The summed E-state index contributed by atoms with van der Waals surface area (Å²) in [7, 11) is 0. The molecule has 0 radical (unpaired) electrons. The second-order valence-corrected chi connectivity index (χ2v) is 14.5. The maximum absolute atomic E-state index is 6.30. The molecule has 0 unspecified atom stereocenters. The summed E-state index contributed by atoms with van der Waals surface area (Å²) in [5, 5.41) is 8.27. The summed E-state index contributed by atoms with van der Waals surface area (Å²) in [6, 6.07) is 54.3. The van der Waals surface area contributed by atoms with E-state index < -0.39 is 0 Å². The molecule has 52 heavy (non-hydrogen) atoms. The molecule has 0 bridgehead atoms. The van der Waals surface area contributed by atoms with E-state index in [0.29, 0.717) is 0 Å². The first-order valence-electron chi connectivity index (χ1n) is 17.4. The van der Waals surface area contributed by atoms with Crippen LogP contribution in [0.3, 0.4) is 0 Å². The molecular formula is C46H26N4OS. The summed E-state index contributed by atoms with van der Waals surface area (Å²) in [6.45, 7) is 0. The number of fused-ring (bicyclic) bond motifs is 12. The van der Waals surface area contributed by atoms with Crippen molar-refractivity contribution in [1.82, 2.24) is 19.1 Å². The van der Waals surface area contributed by atoms with Crippen molar-refractivity contribution in [2.45, 2.75) is 0 Å². The van der Waals surface area contributed by atoms with Crippen molar-refractivity contribution in [3.8, 4) is 22.6 Å². The summed E-state index contributed by atoms with van der Waals surface area (Å²) in [5.74, 6) is 0.917. The van der Waals surface area contributed by atoms with Gasteiger partial charge in [-0.05, 0) is 71.8 Å². The van der Waals surface area contributed by atoms with Gasteiger partial charge in [-0.1, -0.05) is 84.9 Å². The maximum atomic E-state index is 6.30. The molecule has 0 N–H and O–H groups in total. The number of rotatable bonds is 3. The van der Waals surface area contributed by atoms with Gasteiger partial charge in [0.1, 0.15) is 17.5 Å². The fourth-order valence-electron chi connectivity index (χ4n) is 8.34. The summed E-state index contributed by atoms with van der Waals surface area (Å²) in [4.78, 5) is 9.62. The van der Waals surface area contributed by atoms with Gasteiger partial charge in [0.05, 0.1) is 32.3 Å². The van der Waals surface area contributed by atoms with Crippen molar-refractivity contribution in [1.29, 1.82) is 0 Å². The molecule has 5 heterocycles. The molecule has 12 aromatic rings. The van der Waals surface area contributed by atoms with Gasteiger partial charge in [0.15, 0.2) is 5.82 Å². The zero-order valence-corrected chi connectivity index (χ0v) is 28.4. The Hall–Kier alpha value is -6.76. The van der Waals surface area contributed by atoms with Gasteiger partial charge < -0.3 is 8.98 Å². The van der Waals surface area contributed by atoms with Crippen molar-refractivity contribution in [2.24, 2.45) is 0 Å². The standard InChI is InChI=1S/C46H26N4OS/c1-5-13-37-30(9-1)35-23-27(17-21-39(35)49(37)29-19-20-33-32-11-3-7-15-41(32)51-42(33)25-29)28-18-22-40-36(24-28)31-10-2-6-14-38(31)50(40)46-45-44(47-26-48-46)34-12-4-8-16-43(34)52-45/h1-26H. The van der Waals surface area contributed by atoms with Crippen LogP contribution in [0.1, 0.15) is 0 Å². The molecular weight excluding hydrogens is 657 g/mol. The third-order valence-corrected chi connectivity index (χ3v) is 11.8. The zero-order chi connectivity index (χ0) is 33.9. The molecule has 0 spiro atoms. The third-order valence-electron chi connectivity index (χ3n) is 10.7. The Labute approximate surface area is 300 Å². The molecule has 0 fully saturated rings. The molecule has 7 aromatic carbocycles. The molecule has 0 saturated heterocycles. The number of aromatic nitrogens is 4. The molecule has 5 nitrogen and oxygen atoms in total. The van der Waals surface area contributed by atoms with Crippen LogP contribution in [0.25, 0.3) is 108 Å². The lowest BCUT2D eigenvalue weighted by atomic mass is 10.0. The smallest absolute Gasteiger partial charge is 0.159 e. The number of hydrogen-bond acceptors (Lipinski definition) is 4. The topological polar surface area (TPSA) is 48.8 Å². The molecule has 6 heteroatoms. The summed E-state index contributed by atoms with van der Waals surface area (Å²) in [6.07, 6.45) is 1.70. The maximum Gasteiger partial charge on any atom is 0.159 e. The van der Waals surface area contributed by atoms with Crippen molar-refractivity contribution in [3.05, 3.63) is 158 Å². The highest BCUT2D eigenvalue weighted by Crippen LogP contribution is 2.41. The van der Waals surface area contributed by atoms with Crippen LogP contribution in [0.2, 0.25) is 0 Å². The first-order valence-corrected chi connectivity index (χ1v) is 18.2. The lowest BCUT2D eigenvalue weighted by Crippen LogP contribution is -1.98. The number of hydrogen-bond donors (Lipinski definition) is 0. The van der Waals surface area contributed by atoms with Gasteiger partial charge in [0.25, 0.3) is 0 Å². The van der Waals surface area contributed by atoms with E-state index in [1.165, 1.54) is 48.3 Å². The molecule has 12 rings (SSSR count). The first kappa shape index (κ1) is 28.0. The van der Waals surface area contributed by atoms with E-state index in [0.717, 1.165) is 60.2 Å². The van der Waals surface area contributed by atoms with Crippen molar-refractivity contribution < 1.29 is 4.42 Å². The minimum atomic E-state index is 0.892. The lowest BCUT2D eigenvalue weighted by Gasteiger charge is -2.09. The van der Waals surface area contributed by atoms with Gasteiger partial charge in [-0.25, -0.2) is 9.97 Å². The van der Waals surface area contributed by atoms with Gasteiger partial charge in [0, 0.05) is 54.2 Å². The van der Waals surface area contributed by atoms with Crippen LogP contribution >= 0.6 is 11.3 Å². The van der Waals surface area contributed by atoms with Crippen LogP contribution < -0.4 is 0 Å². The monoisotopic (exact) mass is 682 g/mol. The Morgan fingerprint density at radius 1 is 0.442 bits per heavy atom. The molecule has 0 aliphatic carbocycles. The van der Waals surface area contributed by atoms with Crippen LogP contribution in [-0.4, -0.2) is 19.1 Å². The molecule has 0 amide bonds. The minimum Gasteiger partial charge on any atom is -0.456 e. The van der Waals surface area contributed by atoms with Crippen molar-refractivity contribution in [2.75, 3.05) is 0 Å². The molecule has 5 aromatic heterocycles. The fourth-order valence-corrected chi connectivity index (χ4v) is 9.47. The molecule has 0 saturated carbocycles. The van der Waals surface area contributed by atoms with E-state index in [1.807, 2.05) is 12.1 Å². The molecule has 242 valence electrons. The van der Waals surface area contributed by atoms with Gasteiger partial charge in [0.2, 0.25) is 0 Å². The Balaban J connectivity index is 1.04. The highest BCUT2D eigenvalue weighted by molar-refractivity contribution is 7.26. The largest absolute Gasteiger partial charge is 0.456 e. The van der Waals surface area contributed by atoms with E-state index in [1.54, 1.807) is 17.7 Å². The zero-order valence-electron chi connectivity index (χ0n) is 27.6. The van der Waals surface area contributed by atoms with E-state index in [2.05, 4.69) is 149 Å². The molecule has 0 aliphatic heterocycles. The minimum absolute atomic E-state index is 0.892. The first-order chi connectivity index (χ1) is 25.8. The van der Waals surface area contributed by atoms with Crippen molar-refractivity contribution in [3.63, 3.8) is 0 Å². The highest BCUT2D eigenvalue weighted by atomic mass is 32.1. The van der Waals surface area contributed by atoms with Gasteiger partial charge >= 0.3 is 0 Å². The summed E-state index contributed by atoms with van der Waals surface area (Å²) < 4.78 is 13.3. The van der Waals surface area contributed by atoms with Crippen LogP contribution in [0.15, 0.2) is 162 Å². The third kappa shape index (κ3) is 3.81. The number of furan rings is 1. The number of benzene rings is 7. The molecule has 0 aliphatic rings. The average molecular weight is 683 g/mol. The second-order valence-electron chi connectivity index (χ2n) is 13.4. The Kier molecular flexibility index (Phi) is 5.59. The Morgan fingerprint density at radius 3 is 1.81 bits per heavy atom. The quantitative estimate of drug-likeness (QED) is 0.186. The van der Waals surface area contributed by atoms with Gasteiger partial charge in [-0.3, -0.25) is 4.57 Å². The fraction of sp³-hybridized carbons (Fsp3) is 0. The number of nitrogens with zero attached hydrogens (tertiary/aromatic N) is 4. The predicted molar refractivity (Wildman–Crippen MR) is 216 cm³/mol. The van der Waals surface area contributed by atoms with Crippen LogP contribution in [0, 0.1) is 0 Å². The average Bonchev–Trinajstić information content (AvgIpc) is 3.95. The van der Waals surface area contributed by atoms with Crippen molar-refractivity contribution >= 4 is 97.2 Å². The Bertz CT molecular complexity index is 3430. The van der Waals surface area contributed by atoms with E-state index in [4.69, 9.17) is 14.4 Å². The summed E-state index contributed by atoms with van der Waals surface area (Å²) in [5.41, 5.74) is 10.8. The van der Waals surface area contributed by atoms with Gasteiger partial charge in [-0.15, -0.1) is 11.3 Å². The predicted octanol–water partition coefficient (Wildman–Crippen LogP) is 12.6. The highest BCUT2D eigenvalue weighted by Gasteiger charge is 2.20. The SMILES string of the molecule is c1ccc2c(c1)oc1cc(-n3c4ccccc4c4cc(-c5ccc6c(c5)c5ccccc5n6-c5ncnc6c5sc5ccccc56)ccc43)ccc12. The van der Waals surface area contributed by atoms with Crippen LogP contribution in [0.4, 0.5) is 0 Å². The number of para-hydroxylation sites is 3. The van der Waals surface area contributed by atoms with E-state index >= 15 is 0 Å². The van der Waals surface area contributed by atoms with Crippen LogP contribution in [0.5, 0.6) is 0 Å². The van der Waals surface area contributed by atoms with E-state index in [9.17, 15) is 0 Å². The van der Waals surface area contributed by atoms with Crippen LogP contribution in [-0.2, 0) is 0 Å². The van der Waals surface area contributed by atoms with Gasteiger partial charge in [-0.2, -0.15) is 0 Å². The Morgan fingerprint density at radius 2 is 1.04 bits per heavy atom.